The van der Waals surface area contributed by atoms with Crippen LogP contribution in [0.5, 0.6) is 0 Å². The third-order valence-electron chi connectivity index (χ3n) is 3.55. The van der Waals surface area contributed by atoms with Gasteiger partial charge in [-0.25, -0.2) is 8.78 Å². The van der Waals surface area contributed by atoms with E-state index in [1.54, 1.807) is 0 Å². The zero-order chi connectivity index (χ0) is 12.5. The first-order valence-corrected chi connectivity index (χ1v) is 5.83. The molecule has 1 aliphatic heterocycles. The Bertz CT molecular complexity index is 380. The molecular weight excluding hydrogens is 224 g/mol. The number of hydrogen-bond acceptors (Lipinski definition) is 2. The molecule has 17 heavy (non-hydrogen) atoms. The smallest absolute Gasteiger partial charge is 0.126 e. The van der Waals surface area contributed by atoms with Crippen LogP contribution < -0.4 is 5.73 Å². The third kappa shape index (κ3) is 2.64. The Hall–Kier alpha value is -1.00. The fourth-order valence-electron chi connectivity index (χ4n) is 2.40. The Morgan fingerprint density at radius 2 is 1.71 bits per heavy atom. The minimum atomic E-state index is -0.716. The number of rotatable bonds is 2. The second-order valence-corrected chi connectivity index (χ2v) is 4.83. The van der Waals surface area contributed by atoms with Crippen molar-refractivity contribution >= 4 is 0 Å². The Morgan fingerprint density at radius 3 is 2.24 bits per heavy atom. The molecule has 1 heterocycles. The molecule has 2 rings (SSSR count). The number of benzene rings is 1. The summed E-state index contributed by atoms with van der Waals surface area (Å²) < 4.78 is 31.7. The molecule has 0 saturated carbocycles. The van der Waals surface area contributed by atoms with Gasteiger partial charge >= 0.3 is 0 Å². The second-order valence-electron chi connectivity index (χ2n) is 4.83. The van der Waals surface area contributed by atoms with Crippen LogP contribution in [0.2, 0.25) is 0 Å². The molecule has 1 saturated heterocycles. The zero-order valence-electron chi connectivity index (χ0n) is 9.88. The van der Waals surface area contributed by atoms with Crippen molar-refractivity contribution in [2.75, 3.05) is 13.2 Å². The SMILES string of the molecule is CC(N)(c1cc(F)cc(F)c1)C1CCOCC1. The van der Waals surface area contributed by atoms with E-state index in [-0.39, 0.29) is 5.92 Å². The summed E-state index contributed by atoms with van der Waals surface area (Å²) >= 11 is 0. The highest BCUT2D eigenvalue weighted by atomic mass is 19.1. The molecule has 0 aliphatic carbocycles. The maximum Gasteiger partial charge on any atom is 0.126 e. The molecule has 1 atom stereocenters. The van der Waals surface area contributed by atoms with Crippen molar-refractivity contribution in [2.45, 2.75) is 25.3 Å². The molecule has 1 fully saturated rings. The molecule has 0 radical (unpaired) electrons. The summed E-state index contributed by atoms with van der Waals surface area (Å²) in [6.07, 6.45) is 1.65. The van der Waals surface area contributed by atoms with Crippen molar-refractivity contribution in [2.24, 2.45) is 11.7 Å². The van der Waals surface area contributed by atoms with Gasteiger partial charge in [-0.05, 0) is 43.4 Å². The molecule has 0 amide bonds. The normalized spacial score (nSPS) is 21.2. The van der Waals surface area contributed by atoms with E-state index in [0.717, 1.165) is 18.9 Å². The van der Waals surface area contributed by atoms with Crippen LogP contribution in [-0.2, 0) is 10.3 Å². The molecule has 1 unspecified atom stereocenters. The topological polar surface area (TPSA) is 35.2 Å². The van der Waals surface area contributed by atoms with Gasteiger partial charge in [-0.1, -0.05) is 0 Å². The lowest BCUT2D eigenvalue weighted by molar-refractivity contribution is 0.0410. The first-order chi connectivity index (χ1) is 8.00. The van der Waals surface area contributed by atoms with Gasteiger partial charge in [0.1, 0.15) is 11.6 Å². The number of halogens is 2. The Kier molecular flexibility index (Phi) is 3.45. The predicted molar refractivity (Wildman–Crippen MR) is 61.4 cm³/mol. The van der Waals surface area contributed by atoms with Gasteiger partial charge < -0.3 is 10.5 Å². The van der Waals surface area contributed by atoms with E-state index >= 15 is 0 Å². The van der Waals surface area contributed by atoms with Gasteiger partial charge in [-0.3, -0.25) is 0 Å². The van der Waals surface area contributed by atoms with Crippen molar-refractivity contribution in [1.29, 1.82) is 0 Å². The number of ether oxygens (including phenoxy) is 1. The predicted octanol–water partition coefficient (Wildman–Crippen LogP) is 2.57. The Balaban J connectivity index is 2.29. The summed E-state index contributed by atoms with van der Waals surface area (Å²) in [5.74, 6) is -0.968. The first-order valence-electron chi connectivity index (χ1n) is 5.83. The van der Waals surface area contributed by atoms with E-state index in [9.17, 15) is 8.78 Å². The van der Waals surface area contributed by atoms with E-state index in [0.29, 0.717) is 18.8 Å². The summed E-state index contributed by atoms with van der Waals surface area (Å²) in [4.78, 5) is 0. The highest BCUT2D eigenvalue weighted by molar-refractivity contribution is 5.26. The van der Waals surface area contributed by atoms with E-state index in [2.05, 4.69) is 0 Å². The summed E-state index contributed by atoms with van der Waals surface area (Å²) in [5.41, 5.74) is 6.06. The Labute approximate surface area is 99.8 Å². The maximum absolute atomic E-state index is 13.2. The van der Waals surface area contributed by atoms with E-state index in [1.165, 1.54) is 12.1 Å². The zero-order valence-corrected chi connectivity index (χ0v) is 9.88. The van der Waals surface area contributed by atoms with Crippen LogP contribution >= 0.6 is 0 Å². The van der Waals surface area contributed by atoms with Crippen molar-refractivity contribution in [3.63, 3.8) is 0 Å². The highest BCUT2D eigenvalue weighted by Crippen LogP contribution is 2.34. The van der Waals surface area contributed by atoms with Gasteiger partial charge in [-0.2, -0.15) is 0 Å². The maximum atomic E-state index is 13.2. The Morgan fingerprint density at radius 1 is 1.18 bits per heavy atom. The van der Waals surface area contributed by atoms with Gasteiger partial charge in [0, 0.05) is 24.8 Å². The lowest BCUT2D eigenvalue weighted by Gasteiger charge is -2.37. The van der Waals surface area contributed by atoms with Crippen LogP contribution in [0.15, 0.2) is 18.2 Å². The summed E-state index contributed by atoms with van der Waals surface area (Å²) in [6, 6.07) is 3.50. The van der Waals surface area contributed by atoms with Crippen molar-refractivity contribution < 1.29 is 13.5 Å². The van der Waals surface area contributed by atoms with Crippen LogP contribution in [0.4, 0.5) is 8.78 Å². The summed E-state index contributed by atoms with van der Waals surface area (Å²) in [7, 11) is 0. The molecule has 0 spiro atoms. The highest BCUT2D eigenvalue weighted by Gasteiger charge is 2.33. The number of nitrogens with two attached hydrogens (primary N) is 1. The largest absolute Gasteiger partial charge is 0.381 e. The monoisotopic (exact) mass is 241 g/mol. The van der Waals surface area contributed by atoms with Gasteiger partial charge in [-0.15, -0.1) is 0 Å². The summed E-state index contributed by atoms with van der Waals surface area (Å²) in [6.45, 7) is 3.15. The van der Waals surface area contributed by atoms with Crippen LogP contribution in [0.1, 0.15) is 25.3 Å². The molecule has 2 N–H and O–H groups in total. The first kappa shape index (κ1) is 12.5. The average molecular weight is 241 g/mol. The summed E-state index contributed by atoms with van der Waals surface area (Å²) in [5, 5.41) is 0. The molecule has 4 heteroatoms. The molecular formula is C13H17F2NO. The van der Waals surface area contributed by atoms with Gasteiger partial charge in [0.05, 0.1) is 0 Å². The molecule has 1 aliphatic rings. The van der Waals surface area contributed by atoms with Gasteiger partial charge in [0.15, 0.2) is 0 Å². The van der Waals surface area contributed by atoms with E-state index in [4.69, 9.17) is 10.5 Å². The van der Waals surface area contributed by atoms with Crippen molar-refractivity contribution in [3.05, 3.63) is 35.4 Å². The quantitative estimate of drug-likeness (QED) is 0.863. The van der Waals surface area contributed by atoms with Crippen molar-refractivity contribution in [1.82, 2.24) is 0 Å². The number of hydrogen-bond donors (Lipinski definition) is 1. The van der Waals surface area contributed by atoms with Crippen molar-refractivity contribution in [3.8, 4) is 0 Å². The minimum Gasteiger partial charge on any atom is -0.381 e. The lowest BCUT2D eigenvalue weighted by Crippen LogP contribution is -2.43. The lowest BCUT2D eigenvalue weighted by atomic mass is 9.76. The molecule has 0 bridgehead atoms. The molecule has 94 valence electrons. The molecule has 0 aromatic heterocycles. The third-order valence-corrected chi connectivity index (χ3v) is 3.55. The minimum absolute atomic E-state index is 0.192. The van der Waals surface area contributed by atoms with Gasteiger partial charge in [0.25, 0.3) is 0 Å². The van der Waals surface area contributed by atoms with Crippen LogP contribution in [0, 0.1) is 17.6 Å². The standard InChI is InChI=1S/C13H17F2NO/c1-13(16,9-2-4-17-5-3-9)10-6-11(14)8-12(15)7-10/h6-9H,2-5,16H2,1H3. The van der Waals surface area contributed by atoms with Crippen LogP contribution in [0.3, 0.4) is 0 Å². The molecule has 1 aromatic carbocycles. The van der Waals surface area contributed by atoms with E-state index in [1.807, 2.05) is 6.92 Å². The van der Waals surface area contributed by atoms with Gasteiger partial charge in [0.2, 0.25) is 0 Å². The molecule has 1 aromatic rings. The fraction of sp³-hybridized carbons (Fsp3) is 0.538. The van der Waals surface area contributed by atoms with E-state index < -0.39 is 17.2 Å². The average Bonchev–Trinajstić information content (AvgIpc) is 2.29. The van der Waals surface area contributed by atoms with Crippen LogP contribution in [0.25, 0.3) is 0 Å². The second kappa shape index (κ2) is 4.70. The molecule has 2 nitrogen and oxygen atoms in total. The van der Waals surface area contributed by atoms with Crippen LogP contribution in [-0.4, -0.2) is 13.2 Å². The fourth-order valence-corrected chi connectivity index (χ4v) is 2.40.